The largest absolute Gasteiger partial charge is 0.467 e. The van der Waals surface area contributed by atoms with E-state index in [2.05, 4.69) is 86.9 Å². The SMILES string of the molecule is COC(=O)[C@H](Cc1ccccc1)NC(=O)[C@H](CCC(=O)Nc1ccn(C2CSC(CO[Si](c3ccccc3)(c3ccccc3)C(C)(C)C)O2)c(=O)n1)NC(=O)C[C@@H](O)[C@@H](CC(C)C)NC(=O)[C@@H](NC(=O)[C@H](Cc1c[nH]c2ccccc12)NC(C)=O)C(C)C. The standard InChI is InChI=1S/C65H83N9O12SSi/c1-40(2)33-50(69-62(81)59(41(3)4)73-61(80)51(67-42(5)75)35-44-37-66-48-28-20-19-27-47(44)48)53(76)36-56(78)68-49(60(79)70-52(63(82)84-9)34-43-21-13-10-14-22-43)29-30-55(77)71-54-31-32-74(64(83)72-54)57-39-87-58(86-57)38-85-88(65(6,7)8,45-23-15-11-16-24-45)46-25-17-12-18-26-46/h10-28,31-32,37,40-41,49-53,57-59,66,76H,29-30,33-36,38-39H2,1-9H3,(H,67,75)(H,68,78)(H,69,81)(H,70,79)(H,73,80)(H,71,72,77,83)/t49-,50+,51-,52-,53+,57?,58?,59-/m0/s1. The predicted molar refractivity (Wildman–Crippen MR) is 341 cm³/mol. The number of ether oxygens (including phenoxy) is 2. The second-order valence-electron chi connectivity index (χ2n) is 23.9. The van der Waals surface area contributed by atoms with Crippen molar-refractivity contribution >= 4 is 88.6 Å². The van der Waals surface area contributed by atoms with E-state index < -0.39 is 116 Å². The molecule has 6 amide bonds. The third-order valence-electron chi connectivity index (χ3n) is 15.3. The fourth-order valence-corrected chi connectivity index (χ4v) is 16.6. The van der Waals surface area contributed by atoms with Crippen molar-refractivity contribution in [3.63, 3.8) is 0 Å². The van der Waals surface area contributed by atoms with Gasteiger partial charge in [-0.1, -0.05) is 158 Å². The summed E-state index contributed by atoms with van der Waals surface area (Å²) in [7, 11) is -1.70. The van der Waals surface area contributed by atoms with Crippen LogP contribution in [0.2, 0.25) is 5.04 Å². The monoisotopic (exact) mass is 1240 g/mol. The van der Waals surface area contributed by atoms with Gasteiger partial charge in [0.2, 0.25) is 35.4 Å². The average molecular weight is 1240 g/mol. The molecule has 3 heterocycles. The molecule has 0 aliphatic carbocycles. The number of rotatable bonds is 29. The van der Waals surface area contributed by atoms with Crippen LogP contribution in [0.3, 0.4) is 0 Å². The van der Waals surface area contributed by atoms with Gasteiger partial charge in [-0.15, -0.1) is 11.8 Å². The van der Waals surface area contributed by atoms with E-state index in [1.165, 1.54) is 42.6 Å². The van der Waals surface area contributed by atoms with Gasteiger partial charge in [0, 0.05) is 55.2 Å². The van der Waals surface area contributed by atoms with E-state index in [0.29, 0.717) is 11.3 Å². The average Bonchev–Trinajstić information content (AvgIpc) is 1.36. The Bertz CT molecular complexity index is 3360. The summed E-state index contributed by atoms with van der Waals surface area (Å²) < 4.78 is 19.9. The van der Waals surface area contributed by atoms with Crippen molar-refractivity contribution in [2.45, 2.75) is 147 Å². The van der Waals surface area contributed by atoms with Gasteiger partial charge in [0.25, 0.3) is 8.32 Å². The number of hydrogen-bond acceptors (Lipinski definition) is 14. The number of aromatic amines is 1. The van der Waals surface area contributed by atoms with Gasteiger partial charge in [-0.3, -0.25) is 33.3 Å². The van der Waals surface area contributed by atoms with Crippen LogP contribution in [-0.2, 0) is 60.3 Å². The molecule has 4 aromatic carbocycles. The lowest BCUT2D eigenvalue weighted by atomic mass is 9.95. The Morgan fingerprint density at radius 1 is 0.761 bits per heavy atom. The third kappa shape index (κ3) is 18.1. The number of anilines is 1. The molecule has 0 spiro atoms. The topological polar surface area (TPSA) is 290 Å². The van der Waals surface area contributed by atoms with E-state index in [0.717, 1.165) is 26.8 Å². The molecule has 1 aliphatic rings. The minimum Gasteiger partial charge on any atom is -0.467 e. The van der Waals surface area contributed by atoms with Crippen LogP contribution in [0.15, 0.2) is 139 Å². The number of hydrogen-bond donors (Lipinski definition) is 8. The first kappa shape index (κ1) is 67.5. The van der Waals surface area contributed by atoms with Crippen LogP contribution >= 0.6 is 11.8 Å². The first-order valence-electron chi connectivity index (χ1n) is 29.7. The lowest BCUT2D eigenvalue weighted by Crippen LogP contribution is -2.67. The number of thioether (sulfide) groups is 1. The Morgan fingerprint density at radius 3 is 1.99 bits per heavy atom. The number of nitrogens with one attached hydrogen (secondary N) is 7. The fourth-order valence-electron chi connectivity index (χ4n) is 11.0. The van der Waals surface area contributed by atoms with E-state index in [9.17, 15) is 43.5 Å². The quantitative estimate of drug-likeness (QED) is 0.0222. The smallest absolute Gasteiger partial charge is 0.351 e. The minimum absolute atomic E-state index is 0.0315. The maximum atomic E-state index is 14.2. The Balaban J connectivity index is 1.01. The number of esters is 1. The second kappa shape index (κ2) is 31.3. The number of para-hydroxylation sites is 1. The molecule has 0 bridgehead atoms. The molecule has 1 saturated heterocycles. The number of carbonyl (C=O) groups is 7. The van der Waals surface area contributed by atoms with Gasteiger partial charge in [-0.2, -0.15) is 4.98 Å². The number of carbonyl (C=O) groups excluding carboxylic acids is 7. The Hall–Kier alpha value is -7.96. The number of nitrogens with zero attached hydrogens (tertiary/aromatic N) is 2. The van der Waals surface area contributed by atoms with E-state index >= 15 is 0 Å². The highest BCUT2D eigenvalue weighted by molar-refractivity contribution is 8.00. The Labute approximate surface area is 518 Å². The fraction of sp³-hybridized carbons (Fsp3) is 0.431. The molecule has 6 aromatic rings. The molecule has 8 atom stereocenters. The van der Waals surface area contributed by atoms with Crippen LogP contribution in [-0.4, -0.2) is 131 Å². The van der Waals surface area contributed by atoms with Crippen molar-refractivity contribution in [1.82, 2.24) is 41.1 Å². The van der Waals surface area contributed by atoms with Gasteiger partial charge < -0.3 is 55.9 Å². The van der Waals surface area contributed by atoms with E-state index in [4.69, 9.17) is 13.9 Å². The molecule has 7 rings (SSSR count). The van der Waals surface area contributed by atoms with Crippen molar-refractivity contribution in [2.24, 2.45) is 11.8 Å². The van der Waals surface area contributed by atoms with Crippen LogP contribution < -0.4 is 48.0 Å². The van der Waals surface area contributed by atoms with Crippen LogP contribution in [0.5, 0.6) is 0 Å². The van der Waals surface area contributed by atoms with Gasteiger partial charge in [0.1, 0.15) is 41.6 Å². The lowest BCUT2D eigenvalue weighted by molar-refractivity contribution is -0.145. The summed E-state index contributed by atoms with van der Waals surface area (Å²) in [6.45, 7) is 15.3. The molecule has 21 nitrogen and oxygen atoms in total. The van der Waals surface area contributed by atoms with Crippen LogP contribution in [0.4, 0.5) is 5.82 Å². The molecule has 470 valence electrons. The summed E-state index contributed by atoms with van der Waals surface area (Å²) >= 11 is 1.52. The van der Waals surface area contributed by atoms with Crippen molar-refractivity contribution in [2.75, 3.05) is 24.8 Å². The number of aromatic nitrogens is 3. The minimum atomic E-state index is -2.87. The number of H-pyrrole nitrogens is 1. The summed E-state index contributed by atoms with van der Waals surface area (Å²) in [6.07, 6.45) is 0.0693. The molecule has 1 aliphatic heterocycles. The summed E-state index contributed by atoms with van der Waals surface area (Å²) in [6, 6.07) is 32.5. The summed E-state index contributed by atoms with van der Waals surface area (Å²) in [5.41, 5.74) is 1.24. The van der Waals surface area contributed by atoms with Gasteiger partial charge in [-0.25, -0.2) is 9.59 Å². The molecule has 2 aromatic heterocycles. The molecule has 1 fully saturated rings. The van der Waals surface area contributed by atoms with Gasteiger partial charge in [0.15, 0.2) is 0 Å². The van der Waals surface area contributed by atoms with E-state index in [1.54, 1.807) is 50.4 Å². The molecule has 0 saturated carbocycles. The normalized spacial score (nSPS) is 16.4. The highest BCUT2D eigenvalue weighted by Crippen LogP contribution is 2.39. The predicted octanol–water partition coefficient (Wildman–Crippen LogP) is 5.16. The van der Waals surface area contributed by atoms with Gasteiger partial charge in [-0.05, 0) is 63.3 Å². The van der Waals surface area contributed by atoms with Crippen molar-refractivity contribution in [1.29, 1.82) is 0 Å². The molecular weight excluding hydrogens is 1160 g/mol. The highest BCUT2D eigenvalue weighted by atomic mass is 32.2. The molecular formula is C65H83N9O12SSi. The van der Waals surface area contributed by atoms with E-state index in [1.807, 2.05) is 74.5 Å². The maximum absolute atomic E-state index is 14.2. The first-order valence-corrected chi connectivity index (χ1v) is 32.6. The zero-order valence-corrected chi connectivity index (χ0v) is 53.2. The van der Waals surface area contributed by atoms with Gasteiger partial charge >= 0.3 is 11.7 Å². The molecule has 23 heteroatoms. The number of methoxy groups -OCH3 is 1. The number of aliphatic hydroxyl groups excluding tert-OH is 1. The van der Waals surface area contributed by atoms with Crippen molar-refractivity contribution in [3.8, 4) is 0 Å². The van der Waals surface area contributed by atoms with Crippen LogP contribution in [0, 0.1) is 11.8 Å². The molecule has 8 N–H and O–H groups in total. The zero-order chi connectivity index (χ0) is 63.7. The number of fused-ring (bicyclic) bond motifs is 1. The molecule has 88 heavy (non-hydrogen) atoms. The van der Waals surface area contributed by atoms with Crippen LogP contribution in [0.25, 0.3) is 10.9 Å². The number of amides is 6. The van der Waals surface area contributed by atoms with Crippen LogP contribution in [0.1, 0.15) is 98.4 Å². The number of aliphatic hydroxyl groups is 1. The lowest BCUT2D eigenvalue weighted by Gasteiger charge is -2.43. The highest BCUT2D eigenvalue weighted by Gasteiger charge is 2.51. The first-order chi connectivity index (χ1) is 42.0. The summed E-state index contributed by atoms with van der Waals surface area (Å²) in [4.78, 5) is 116. The Morgan fingerprint density at radius 2 is 1.39 bits per heavy atom. The maximum Gasteiger partial charge on any atom is 0.351 e. The van der Waals surface area contributed by atoms with Gasteiger partial charge in [0.05, 0.1) is 32.3 Å². The Kier molecular flexibility index (Phi) is 24.0. The molecule has 2 unspecified atom stereocenters. The summed E-state index contributed by atoms with van der Waals surface area (Å²) in [5, 5.41) is 30.9. The molecule has 0 radical (unpaired) electrons. The van der Waals surface area contributed by atoms with Crippen molar-refractivity contribution in [3.05, 3.63) is 155 Å². The van der Waals surface area contributed by atoms with Crippen molar-refractivity contribution < 1.29 is 52.6 Å². The zero-order valence-electron chi connectivity index (χ0n) is 51.4. The second-order valence-corrected chi connectivity index (χ2v) is 29.4. The third-order valence-corrected chi connectivity index (χ3v) is 21.4. The summed E-state index contributed by atoms with van der Waals surface area (Å²) in [5.74, 6) is -4.99. The number of benzene rings is 4. The van der Waals surface area contributed by atoms with E-state index in [-0.39, 0.29) is 55.5 Å².